The van der Waals surface area contributed by atoms with Crippen LogP contribution in [-0.2, 0) is 19.7 Å². The zero-order valence-corrected chi connectivity index (χ0v) is 29.1. The second-order valence-corrected chi connectivity index (χ2v) is 15.5. The van der Waals surface area contributed by atoms with Crippen LogP contribution in [0.3, 0.4) is 0 Å². The third kappa shape index (κ3) is 5.79. The average Bonchev–Trinajstić information content (AvgIpc) is 3.54. The number of benzene rings is 5. The fraction of sp³-hybridized carbons (Fsp3) is 0. The molecule has 0 unspecified atom stereocenters. The van der Waals surface area contributed by atoms with Gasteiger partial charge in [0, 0.05) is 28.2 Å². The molecule has 2 aliphatic heterocycles. The van der Waals surface area contributed by atoms with Crippen molar-refractivity contribution in [2.75, 3.05) is 4.90 Å². The molecule has 252 valence electrons. The molecule has 5 aromatic carbocycles. The predicted octanol–water partition coefficient (Wildman–Crippen LogP) is 9.12. The molecule has 0 aliphatic carbocycles. The topological polar surface area (TPSA) is 128 Å². The molecule has 0 spiro atoms. The summed E-state index contributed by atoms with van der Waals surface area (Å²) in [7, 11) is -7.99. The minimum atomic E-state index is -4.00. The van der Waals surface area contributed by atoms with Gasteiger partial charge in [-0.15, -0.1) is 0 Å². The van der Waals surface area contributed by atoms with Gasteiger partial charge in [-0.3, -0.25) is 0 Å². The first-order valence-corrected chi connectivity index (χ1v) is 18.8. The number of hydrogen-bond donors (Lipinski definition) is 0. The molecule has 0 fully saturated rings. The van der Waals surface area contributed by atoms with Crippen molar-refractivity contribution in [2.24, 2.45) is 0 Å². The van der Waals surface area contributed by atoms with Gasteiger partial charge in [-0.05, 0) is 82.9 Å². The second kappa shape index (κ2) is 13.5. The van der Waals surface area contributed by atoms with Gasteiger partial charge in [-0.25, -0.2) is 37.0 Å². The zero-order chi connectivity index (χ0) is 37.3. The second-order valence-electron chi connectivity index (χ2n) is 11.8. The van der Waals surface area contributed by atoms with Gasteiger partial charge in [0.2, 0.25) is 19.7 Å². The van der Waals surface area contributed by atoms with Crippen LogP contribution in [0, 0.1) is 35.8 Å². The molecule has 0 amide bonds. The number of anilines is 3. The van der Waals surface area contributed by atoms with Crippen LogP contribution < -0.4 is 4.90 Å². The summed E-state index contributed by atoms with van der Waals surface area (Å²) in [6.07, 6.45) is 2.94. The zero-order valence-electron chi connectivity index (χ0n) is 27.5. The number of sulfone groups is 2. The number of hydrogen-bond acceptors (Lipinski definition) is 7. The van der Waals surface area contributed by atoms with Gasteiger partial charge in [0.15, 0.2) is 0 Å². The highest BCUT2D eigenvalue weighted by Crippen LogP contribution is 2.47. The van der Waals surface area contributed by atoms with E-state index < -0.39 is 19.7 Å². The van der Waals surface area contributed by atoms with E-state index >= 15 is 0 Å². The van der Waals surface area contributed by atoms with Crippen LogP contribution in [0.2, 0.25) is 0 Å². The Hall–Kier alpha value is -7.28. The minimum absolute atomic E-state index is 0.0443. The van der Waals surface area contributed by atoms with Crippen LogP contribution in [0.15, 0.2) is 158 Å². The van der Waals surface area contributed by atoms with Gasteiger partial charge in [-0.2, -0.15) is 0 Å². The van der Waals surface area contributed by atoms with Crippen molar-refractivity contribution >= 4 is 60.0 Å². The highest BCUT2D eigenvalue weighted by molar-refractivity contribution is 7.97. The molecule has 0 aromatic heterocycles. The molecule has 0 saturated carbocycles. The van der Waals surface area contributed by atoms with Gasteiger partial charge in [0.05, 0.1) is 44.9 Å². The summed E-state index contributed by atoms with van der Waals surface area (Å²) in [5.41, 5.74) is 3.52. The molecule has 0 atom stereocenters. The van der Waals surface area contributed by atoms with Crippen molar-refractivity contribution in [3.8, 4) is 12.1 Å². The lowest BCUT2D eigenvalue weighted by Crippen LogP contribution is -2.09. The lowest BCUT2D eigenvalue weighted by atomic mass is 10.0. The van der Waals surface area contributed by atoms with Crippen LogP contribution in [0.25, 0.3) is 33.0 Å². The van der Waals surface area contributed by atoms with Crippen molar-refractivity contribution in [3.63, 3.8) is 0 Å². The third-order valence-corrected chi connectivity index (χ3v) is 12.5. The number of allylic oxidation sites excluding steroid dienone is 4. The average molecular weight is 726 g/mol. The fourth-order valence-corrected chi connectivity index (χ4v) is 9.86. The first-order valence-electron chi connectivity index (χ1n) is 15.9. The molecular formula is C42H23N5O4S2. The van der Waals surface area contributed by atoms with Crippen molar-refractivity contribution in [2.45, 2.75) is 9.79 Å². The summed E-state index contributed by atoms with van der Waals surface area (Å²) in [4.78, 5) is 8.45. The smallest absolute Gasteiger partial charge is 0.270 e. The molecule has 53 heavy (non-hydrogen) atoms. The molecule has 0 bridgehead atoms. The summed E-state index contributed by atoms with van der Waals surface area (Å²) in [6, 6.07) is 40.1. The molecule has 7 rings (SSSR count). The van der Waals surface area contributed by atoms with E-state index in [0.717, 1.165) is 17.1 Å². The lowest BCUT2D eigenvalue weighted by molar-refractivity contribution is 0.603. The molecule has 0 N–H and O–H groups in total. The quantitative estimate of drug-likeness (QED) is 0.131. The molecule has 0 radical (unpaired) electrons. The highest BCUT2D eigenvalue weighted by atomic mass is 32.2. The molecular weight excluding hydrogens is 703 g/mol. The maximum atomic E-state index is 13.6. The normalized spacial score (nSPS) is 18.1. The standard InChI is InChI=1S/C42H23N5O4S2/c1-45-35(26-43)41-33-12-6-8-14-37(33)52(48,49)39(41)24-28-16-20-31(21-17-28)47(30-10-4-3-5-11-30)32-22-18-29(19-23-32)25-40-42(36(27-44)46-2)34-13-7-9-15-38(34)53(40,50)51/h3-25H/b39-24-,40-25-,41-35-,42-36+. The van der Waals surface area contributed by atoms with Gasteiger partial charge in [-0.1, -0.05) is 78.9 Å². The number of nitrogens with zero attached hydrogens (tertiary/aromatic N) is 5. The van der Waals surface area contributed by atoms with Crippen molar-refractivity contribution in [1.82, 2.24) is 0 Å². The van der Waals surface area contributed by atoms with Crippen molar-refractivity contribution in [3.05, 3.63) is 194 Å². The molecule has 9 nitrogen and oxygen atoms in total. The summed E-state index contributed by atoms with van der Waals surface area (Å²) in [5.74, 6) is 0. The van der Waals surface area contributed by atoms with Crippen LogP contribution in [0.4, 0.5) is 17.1 Å². The minimum Gasteiger partial charge on any atom is -0.311 e. The van der Waals surface area contributed by atoms with Crippen LogP contribution in [-0.4, -0.2) is 16.8 Å². The largest absolute Gasteiger partial charge is 0.311 e. The third-order valence-electron chi connectivity index (χ3n) is 8.79. The first kappa shape index (κ1) is 34.2. The Morgan fingerprint density at radius 3 is 1.26 bits per heavy atom. The highest BCUT2D eigenvalue weighted by Gasteiger charge is 2.39. The monoisotopic (exact) mass is 725 g/mol. The molecule has 11 heteroatoms. The van der Waals surface area contributed by atoms with Gasteiger partial charge in [0.25, 0.3) is 11.4 Å². The van der Waals surface area contributed by atoms with E-state index in [2.05, 4.69) is 9.69 Å². The summed E-state index contributed by atoms with van der Waals surface area (Å²) < 4.78 is 54.4. The van der Waals surface area contributed by atoms with Crippen LogP contribution in [0.1, 0.15) is 22.3 Å². The van der Waals surface area contributed by atoms with E-state index in [1.54, 1.807) is 60.7 Å². The fourth-order valence-electron chi connectivity index (χ4n) is 6.41. The first-order chi connectivity index (χ1) is 25.6. The SMILES string of the molecule is [C-]#[N+]/C(C#N)=C1\C(=C\c2ccc(N(c3ccccc3)c3ccc(/C=C4/C(=C(\C#N)[N+]#[C-])c5ccccc5S4(=O)=O)cc3)cc2)S(=O)(=O)c2ccccc21. The van der Waals surface area contributed by atoms with E-state index in [9.17, 15) is 27.4 Å². The number of rotatable bonds is 5. The number of nitriles is 2. The predicted molar refractivity (Wildman–Crippen MR) is 203 cm³/mol. The summed E-state index contributed by atoms with van der Waals surface area (Å²) in [5, 5.41) is 19.4. The Balaban J connectivity index is 1.28. The van der Waals surface area contributed by atoms with E-state index in [4.69, 9.17) is 13.1 Å². The molecule has 2 heterocycles. The van der Waals surface area contributed by atoms with Gasteiger partial charge in [0.1, 0.15) is 0 Å². The van der Waals surface area contributed by atoms with Gasteiger partial charge >= 0.3 is 0 Å². The van der Waals surface area contributed by atoms with Crippen molar-refractivity contribution in [1.29, 1.82) is 10.5 Å². The molecule has 5 aromatic rings. The Morgan fingerprint density at radius 1 is 0.528 bits per heavy atom. The maximum absolute atomic E-state index is 13.6. The molecule has 0 saturated heterocycles. The van der Waals surface area contributed by atoms with E-state index in [1.807, 2.05) is 71.6 Å². The van der Waals surface area contributed by atoms with Gasteiger partial charge < -0.3 is 4.90 Å². The Kier molecular flexibility index (Phi) is 8.67. The van der Waals surface area contributed by atoms with E-state index in [-0.39, 0.29) is 42.1 Å². The summed E-state index contributed by atoms with van der Waals surface area (Å²) >= 11 is 0. The summed E-state index contributed by atoms with van der Waals surface area (Å²) in [6.45, 7) is 15.0. The van der Waals surface area contributed by atoms with Crippen LogP contribution >= 0.6 is 0 Å². The lowest BCUT2D eigenvalue weighted by Gasteiger charge is -2.25. The van der Waals surface area contributed by atoms with Crippen LogP contribution in [0.5, 0.6) is 0 Å². The maximum Gasteiger partial charge on any atom is 0.270 e. The molecule has 2 aliphatic rings. The number of para-hydroxylation sites is 1. The Bertz CT molecular complexity index is 2670. The Labute approximate surface area is 306 Å². The number of fused-ring (bicyclic) bond motifs is 2. The van der Waals surface area contributed by atoms with Crippen molar-refractivity contribution < 1.29 is 16.8 Å². The van der Waals surface area contributed by atoms with E-state index in [0.29, 0.717) is 22.3 Å². The van der Waals surface area contributed by atoms with E-state index in [1.165, 1.54) is 24.3 Å². The Morgan fingerprint density at radius 2 is 0.887 bits per heavy atom.